The predicted molar refractivity (Wildman–Crippen MR) is 82.1 cm³/mol. The van der Waals surface area contributed by atoms with E-state index in [1.54, 1.807) is 0 Å². The zero-order chi connectivity index (χ0) is 14.0. The Kier molecular flexibility index (Phi) is 6.40. The number of hydrogen-bond donors (Lipinski definition) is 1. The first kappa shape index (κ1) is 17.8. The molecule has 0 amide bonds. The minimum Gasteiger partial charge on any atom is -0.319 e. The van der Waals surface area contributed by atoms with Gasteiger partial charge in [0.25, 0.3) is 0 Å². The van der Waals surface area contributed by atoms with Crippen molar-refractivity contribution in [1.82, 2.24) is 9.62 Å². The number of nitrogens with zero attached hydrogens (tertiary/aromatic N) is 1. The van der Waals surface area contributed by atoms with E-state index in [1.807, 2.05) is 7.05 Å². The molecule has 1 aromatic rings. The van der Waals surface area contributed by atoms with Gasteiger partial charge in [-0.15, -0.1) is 12.4 Å². The van der Waals surface area contributed by atoms with Gasteiger partial charge in [0.15, 0.2) is 5.82 Å². The maximum atomic E-state index is 13.9. The Hall–Kier alpha value is -0.210. The molecule has 1 heterocycles. The lowest BCUT2D eigenvalue weighted by atomic mass is 10.1. The Balaban J connectivity index is 0.00000200. The van der Waals surface area contributed by atoms with Crippen molar-refractivity contribution in [3.05, 3.63) is 28.5 Å². The molecule has 1 saturated heterocycles. The Morgan fingerprint density at radius 1 is 1.50 bits per heavy atom. The van der Waals surface area contributed by atoms with Gasteiger partial charge in [-0.25, -0.2) is 12.8 Å². The largest absolute Gasteiger partial charge is 0.319 e. The van der Waals surface area contributed by atoms with E-state index in [0.29, 0.717) is 13.1 Å². The fraction of sp³-hybridized carbons (Fsp3) is 0.500. The maximum absolute atomic E-state index is 13.9. The van der Waals surface area contributed by atoms with Gasteiger partial charge in [-0.3, -0.25) is 0 Å². The predicted octanol–water partition coefficient (Wildman–Crippen LogP) is 2.24. The van der Waals surface area contributed by atoms with E-state index in [1.165, 1.54) is 22.5 Å². The van der Waals surface area contributed by atoms with Crippen LogP contribution in [-0.2, 0) is 10.0 Å². The van der Waals surface area contributed by atoms with Gasteiger partial charge in [0, 0.05) is 13.1 Å². The molecular formula is C12H17BrClFN2O2S. The Morgan fingerprint density at radius 2 is 2.20 bits per heavy atom. The lowest BCUT2D eigenvalue weighted by Gasteiger charge is -2.17. The van der Waals surface area contributed by atoms with Crippen LogP contribution in [0.15, 0.2) is 27.6 Å². The molecular weight excluding hydrogens is 371 g/mol. The molecule has 1 atom stereocenters. The van der Waals surface area contributed by atoms with Gasteiger partial charge in [-0.1, -0.05) is 6.07 Å². The van der Waals surface area contributed by atoms with E-state index in [-0.39, 0.29) is 27.7 Å². The molecule has 1 aliphatic rings. The third-order valence-electron chi connectivity index (χ3n) is 3.28. The van der Waals surface area contributed by atoms with Crippen LogP contribution in [0.1, 0.15) is 6.42 Å². The highest BCUT2D eigenvalue weighted by Crippen LogP contribution is 2.28. The van der Waals surface area contributed by atoms with Crippen LogP contribution in [0.5, 0.6) is 0 Å². The van der Waals surface area contributed by atoms with E-state index in [4.69, 9.17) is 0 Å². The van der Waals surface area contributed by atoms with Gasteiger partial charge in [-0.2, -0.15) is 4.31 Å². The Labute approximate surface area is 133 Å². The van der Waals surface area contributed by atoms with Crippen molar-refractivity contribution in [2.24, 2.45) is 5.92 Å². The molecule has 1 aliphatic heterocycles. The summed E-state index contributed by atoms with van der Waals surface area (Å²) in [6.07, 6.45) is 0.801. The van der Waals surface area contributed by atoms with Crippen LogP contribution in [0.2, 0.25) is 0 Å². The van der Waals surface area contributed by atoms with E-state index >= 15 is 0 Å². The lowest BCUT2D eigenvalue weighted by Crippen LogP contribution is -2.31. The number of hydrogen-bond acceptors (Lipinski definition) is 3. The minimum atomic E-state index is -3.74. The zero-order valence-electron chi connectivity index (χ0n) is 11.0. The standard InChI is InChI=1S/C12H16BrFN2O2S.ClH/c1-15-7-9-5-6-16(8-9)19(17,18)11-4-2-3-10(13)12(11)14;/h2-4,9,15H,5-8H2,1H3;1H. The van der Waals surface area contributed by atoms with Crippen LogP contribution < -0.4 is 5.32 Å². The van der Waals surface area contributed by atoms with Crippen molar-refractivity contribution in [3.8, 4) is 0 Å². The van der Waals surface area contributed by atoms with Crippen molar-refractivity contribution in [1.29, 1.82) is 0 Å². The number of benzene rings is 1. The van der Waals surface area contributed by atoms with Crippen LogP contribution >= 0.6 is 28.3 Å². The van der Waals surface area contributed by atoms with Gasteiger partial charge < -0.3 is 5.32 Å². The van der Waals surface area contributed by atoms with Gasteiger partial charge >= 0.3 is 0 Å². The fourth-order valence-corrected chi connectivity index (χ4v) is 4.41. The highest BCUT2D eigenvalue weighted by molar-refractivity contribution is 9.10. The number of rotatable bonds is 4. The number of nitrogens with one attached hydrogen (secondary N) is 1. The summed E-state index contributed by atoms with van der Waals surface area (Å²) in [6, 6.07) is 4.32. The molecule has 0 saturated carbocycles. The molecule has 114 valence electrons. The summed E-state index contributed by atoms with van der Waals surface area (Å²) in [6.45, 7) is 1.66. The summed E-state index contributed by atoms with van der Waals surface area (Å²) in [5.41, 5.74) is 0. The van der Waals surface area contributed by atoms with E-state index in [2.05, 4.69) is 21.2 Å². The average Bonchev–Trinajstić information content (AvgIpc) is 2.82. The average molecular weight is 388 g/mol. The molecule has 20 heavy (non-hydrogen) atoms. The molecule has 2 rings (SSSR count). The molecule has 0 aliphatic carbocycles. The van der Waals surface area contributed by atoms with Crippen molar-refractivity contribution in [2.45, 2.75) is 11.3 Å². The van der Waals surface area contributed by atoms with Crippen LogP contribution in [0.4, 0.5) is 4.39 Å². The third kappa shape index (κ3) is 3.51. The van der Waals surface area contributed by atoms with E-state index in [9.17, 15) is 12.8 Å². The molecule has 8 heteroatoms. The quantitative estimate of drug-likeness (QED) is 0.862. The molecule has 1 unspecified atom stereocenters. The summed E-state index contributed by atoms with van der Waals surface area (Å²) in [5, 5.41) is 3.04. The normalized spacial score (nSPS) is 19.9. The second-order valence-corrected chi connectivity index (χ2v) is 7.39. The van der Waals surface area contributed by atoms with Crippen LogP contribution in [0.25, 0.3) is 0 Å². The summed E-state index contributed by atoms with van der Waals surface area (Å²) in [4.78, 5) is -0.257. The topological polar surface area (TPSA) is 49.4 Å². The van der Waals surface area contributed by atoms with Gasteiger partial charge in [0.05, 0.1) is 4.47 Å². The van der Waals surface area contributed by atoms with Crippen LogP contribution in [0, 0.1) is 11.7 Å². The first-order valence-corrected chi connectivity index (χ1v) is 8.29. The second kappa shape index (κ2) is 7.17. The molecule has 0 bridgehead atoms. The van der Waals surface area contributed by atoms with Crippen molar-refractivity contribution in [2.75, 3.05) is 26.7 Å². The lowest BCUT2D eigenvalue weighted by molar-refractivity contribution is 0.446. The summed E-state index contributed by atoms with van der Waals surface area (Å²) in [5.74, 6) is -0.436. The third-order valence-corrected chi connectivity index (χ3v) is 5.77. The summed E-state index contributed by atoms with van der Waals surface area (Å²) >= 11 is 3.02. The monoisotopic (exact) mass is 386 g/mol. The number of sulfonamides is 1. The molecule has 1 fully saturated rings. The fourth-order valence-electron chi connectivity index (χ4n) is 2.29. The first-order valence-electron chi connectivity index (χ1n) is 6.05. The number of halogens is 3. The van der Waals surface area contributed by atoms with Crippen LogP contribution in [-0.4, -0.2) is 39.4 Å². The molecule has 1 aromatic carbocycles. The van der Waals surface area contributed by atoms with Crippen LogP contribution in [0.3, 0.4) is 0 Å². The Bertz CT molecular complexity index is 571. The molecule has 0 aromatic heterocycles. The van der Waals surface area contributed by atoms with Crippen molar-refractivity contribution >= 4 is 38.4 Å². The zero-order valence-corrected chi connectivity index (χ0v) is 14.2. The van der Waals surface area contributed by atoms with Gasteiger partial charge in [0.2, 0.25) is 10.0 Å². The smallest absolute Gasteiger partial charge is 0.246 e. The summed E-state index contributed by atoms with van der Waals surface area (Å²) < 4.78 is 40.3. The second-order valence-electron chi connectivity index (χ2n) is 4.63. The minimum absolute atomic E-state index is 0. The highest BCUT2D eigenvalue weighted by Gasteiger charge is 2.34. The van der Waals surface area contributed by atoms with Gasteiger partial charge in [-0.05, 0) is 54.0 Å². The first-order chi connectivity index (χ1) is 8.96. The van der Waals surface area contributed by atoms with Crippen molar-refractivity contribution in [3.63, 3.8) is 0 Å². The highest BCUT2D eigenvalue weighted by atomic mass is 79.9. The van der Waals surface area contributed by atoms with E-state index in [0.717, 1.165) is 13.0 Å². The van der Waals surface area contributed by atoms with Crippen molar-refractivity contribution < 1.29 is 12.8 Å². The Morgan fingerprint density at radius 3 is 2.85 bits per heavy atom. The maximum Gasteiger partial charge on any atom is 0.246 e. The van der Waals surface area contributed by atoms with E-state index < -0.39 is 15.8 Å². The SMILES string of the molecule is CNCC1CCN(S(=O)(=O)c2cccc(Br)c2F)C1.Cl. The molecule has 0 radical (unpaired) electrons. The molecule has 1 N–H and O–H groups in total. The summed E-state index contributed by atoms with van der Waals surface area (Å²) in [7, 11) is -1.90. The van der Waals surface area contributed by atoms with Gasteiger partial charge in [0.1, 0.15) is 4.90 Å². The molecule has 0 spiro atoms. The molecule has 4 nitrogen and oxygen atoms in total.